The zero-order chi connectivity index (χ0) is 40.9. The maximum atomic E-state index is 12.6. The Hall–Kier alpha value is -4.96. The summed E-state index contributed by atoms with van der Waals surface area (Å²) in [5.74, 6) is -0.239. The van der Waals surface area contributed by atoms with Gasteiger partial charge in [-0.05, 0) is 79.9 Å². The van der Waals surface area contributed by atoms with Gasteiger partial charge in [0, 0.05) is 20.6 Å². The van der Waals surface area contributed by atoms with Crippen molar-refractivity contribution in [2.45, 2.75) is 39.5 Å². The predicted molar refractivity (Wildman–Crippen MR) is 200 cm³/mol. The molecule has 1 N–H and O–H groups in total. The van der Waals surface area contributed by atoms with Gasteiger partial charge < -0.3 is 19.7 Å². The minimum absolute atomic E-state index is 0.00524. The Morgan fingerprint density at radius 3 is 1.72 bits per heavy atom. The Morgan fingerprint density at radius 1 is 0.722 bits per heavy atom. The molecular weight excluding hydrogens is 813 g/mol. The molecule has 0 saturated heterocycles. The fourth-order valence-electron chi connectivity index (χ4n) is 4.04. The van der Waals surface area contributed by atoms with Gasteiger partial charge in [0.2, 0.25) is 0 Å². The third kappa shape index (κ3) is 17.2. The summed E-state index contributed by atoms with van der Waals surface area (Å²) < 4.78 is 87.4. The van der Waals surface area contributed by atoms with Gasteiger partial charge in [-0.25, -0.2) is 4.39 Å². The molecule has 8 nitrogen and oxygen atoms in total. The number of hydrogen-bond donors (Lipinski definition) is 1. The standard InChI is InChI=1S/C10H12FNO.C9H10BrNO.C9H10ClNO.C9H5F6NO/c1-3-10(12-13-2)8-4-6-9(11)7-5-8;1-7(11-12-2)8-4-3-5-9(10)6-8;1-7(11-12-2)8-5-3-4-6-9(8)10;10-8(11,12)6-1-5(4-16-17)2-7(3-6)9(13,14)15/h4-7H,3H2,1-2H3;2*3-6H,1-2H3;1-4,17H. The normalized spacial score (nSPS) is 12.0. The van der Waals surface area contributed by atoms with Crippen LogP contribution in [0.15, 0.2) is 116 Å². The lowest BCUT2D eigenvalue weighted by Gasteiger charge is -2.12. The summed E-state index contributed by atoms with van der Waals surface area (Å²) in [7, 11) is 4.56. The first-order valence-electron chi connectivity index (χ1n) is 15.4. The van der Waals surface area contributed by atoms with Crippen molar-refractivity contribution in [2.75, 3.05) is 21.3 Å². The Balaban J connectivity index is 0.000000364. The third-order valence-electron chi connectivity index (χ3n) is 6.49. The first-order valence-corrected chi connectivity index (χ1v) is 16.6. The van der Waals surface area contributed by atoms with Crippen LogP contribution in [0.1, 0.15) is 60.6 Å². The molecule has 0 amide bonds. The second-order valence-corrected chi connectivity index (χ2v) is 11.7. The van der Waals surface area contributed by atoms with E-state index in [4.69, 9.17) is 16.8 Å². The summed E-state index contributed by atoms with van der Waals surface area (Å²) in [6.45, 7) is 5.73. The Kier molecular flexibility index (Phi) is 20.6. The summed E-state index contributed by atoms with van der Waals surface area (Å²) in [6, 6.07) is 22.6. The Morgan fingerprint density at radius 2 is 1.26 bits per heavy atom. The molecule has 4 rings (SSSR count). The molecule has 0 saturated carbocycles. The number of benzene rings is 4. The summed E-state index contributed by atoms with van der Waals surface area (Å²) in [5.41, 5.74) is 1.93. The maximum Gasteiger partial charge on any atom is 0.416 e. The summed E-state index contributed by atoms with van der Waals surface area (Å²) in [6.07, 6.45) is -8.55. The van der Waals surface area contributed by atoms with Gasteiger partial charge in [-0.15, -0.1) is 0 Å². The van der Waals surface area contributed by atoms with E-state index in [0.717, 1.165) is 44.7 Å². The van der Waals surface area contributed by atoms with Crippen molar-refractivity contribution in [3.05, 3.63) is 140 Å². The van der Waals surface area contributed by atoms with Crippen LogP contribution in [0.25, 0.3) is 0 Å². The second kappa shape index (κ2) is 23.7. The van der Waals surface area contributed by atoms with Crippen LogP contribution in [-0.2, 0) is 26.9 Å². The molecule has 0 unspecified atom stereocenters. The van der Waals surface area contributed by atoms with E-state index in [0.29, 0.717) is 23.4 Å². The monoisotopic (exact) mass is 848 g/mol. The fourth-order valence-corrected chi connectivity index (χ4v) is 4.71. The molecule has 292 valence electrons. The van der Waals surface area contributed by atoms with Gasteiger partial charge in [0.25, 0.3) is 0 Å². The summed E-state index contributed by atoms with van der Waals surface area (Å²) in [5, 5.41) is 22.7. The van der Waals surface area contributed by atoms with E-state index in [1.807, 2.05) is 69.3 Å². The van der Waals surface area contributed by atoms with Gasteiger partial charge >= 0.3 is 12.4 Å². The zero-order valence-electron chi connectivity index (χ0n) is 29.8. The minimum atomic E-state index is -4.90. The molecule has 0 aliphatic carbocycles. The maximum absolute atomic E-state index is 12.6. The highest BCUT2D eigenvalue weighted by Crippen LogP contribution is 2.36. The van der Waals surface area contributed by atoms with Crippen LogP contribution in [0.5, 0.6) is 0 Å². The van der Waals surface area contributed by atoms with Crippen molar-refractivity contribution >= 4 is 50.9 Å². The molecule has 54 heavy (non-hydrogen) atoms. The smallest absolute Gasteiger partial charge is 0.411 e. The molecule has 0 spiro atoms. The molecule has 0 radical (unpaired) electrons. The third-order valence-corrected chi connectivity index (χ3v) is 7.32. The Labute approximate surface area is 321 Å². The topological polar surface area (TPSA) is 97.4 Å². The van der Waals surface area contributed by atoms with Crippen LogP contribution >= 0.6 is 27.5 Å². The van der Waals surface area contributed by atoms with E-state index in [1.165, 1.54) is 26.4 Å². The predicted octanol–water partition coefficient (Wildman–Crippen LogP) is 11.6. The molecule has 4 aromatic rings. The lowest BCUT2D eigenvalue weighted by molar-refractivity contribution is -0.143. The molecule has 0 atom stereocenters. The molecule has 0 heterocycles. The van der Waals surface area contributed by atoms with E-state index in [-0.39, 0.29) is 11.9 Å². The highest BCUT2D eigenvalue weighted by molar-refractivity contribution is 9.10. The van der Waals surface area contributed by atoms with Crippen LogP contribution < -0.4 is 0 Å². The van der Waals surface area contributed by atoms with Crippen molar-refractivity contribution in [1.82, 2.24) is 0 Å². The number of nitrogens with zero attached hydrogens (tertiary/aromatic N) is 4. The van der Waals surface area contributed by atoms with Gasteiger partial charge in [-0.3, -0.25) is 0 Å². The molecule has 0 aliphatic rings. The van der Waals surface area contributed by atoms with Crippen LogP contribution in [-0.4, -0.2) is 49.9 Å². The van der Waals surface area contributed by atoms with Crippen molar-refractivity contribution in [3.63, 3.8) is 0 Å². The average molecular weight is 850 g/mol. The lowest BCUT2D eigenvalue weighted by Crippen LogP contribution is -2.11. The van der Waals surface area contributed by atoms with Gasteiger partial charge in [0.1, 0.15) is 27.1 Å². The lowest BCUT2D eigenvalue weighted by atomic mass is 10.1. The van der Waals surface area contributed by atoms with Crippen LogP contribution in [0, 0.1) is 5.82 Å². The van der Waals surface area contributed by atoms with Crippen molar-refractivity contribution in [1.29, 1.82) is 0 Å². The highest BCUT2D eigenvalue weighted by atomic mass is 79.9. The first-order chi connectivity index (χ1) is 25.4. The fraction of sp³-hybridized carbons (Fsp3) is 0.243. The van der Waals surface area contributed by atoms with E-state index < -0.39 is 29.0 Å². The van der Waals surface area contributed by atoms with Gasteiger partial charge in [-0.2, -0.15) is 26.3 Å². The number of hydrogen-bond acceptors (Lipinski definition) is 8. The highest BCUT2D eigenvalue weighted by Gasteiger charge is 2.36. The molecule has 0 fully saturated rings. The summed E-state index contributed by atoms with van der Waals surface area (Å²) >= 11 is 9.30. The molecule has 0 aliphatic heterocycles. The van der Waals surface area contributed by atoms with Crippen LogP contribution in [0.4, 0.5) is 30.7 Å². The van der Waals surface area contributed by atoms with Crippen molar-refractivity contribution < 1.29 is 50.5 Å². The number of halogens is 9. The summed E-state index contributed by atoms with van der Waals surface area (Å²) in [4.78, 5) is 14.0. The molecule has 17 heteroatoms. The van der Waals surface area contributed by atoms with E-state index >= 15 is 0 Å². The second-order valence-electron chi connectivity index (χ2n) is 10.4. The van der Waals surface area contributed by atoms with Crippen LogP contribution in [0.3, 0.4) is 0 Å². The quantitative estimate of drug-likeness (QED) is 0.0826. The average Bonchev–Trinajstić information content (AvgIpc) is 3.11. The number of oxime groups is 4. The molecule has 0 aromatic heterocycles. The van der Waals surface area contributed by atoms with E-state index in [9.17, 15) is 30.7 Å². The van der Waals surface area contributed by atoms with Gasteiger partial charge in [-0.1, -0.05) is 97.5 Å². The SMILES string of the molecule is CCC(=NOC)c1ccc(F)cc1.CON=C(C)c1cccc(Br)c1.CON=C(C)c1ccccc1Cl.ON=Cc1cc(C(F)(F)F)cc(C(F)(F)F)c1. The molecule has 4 aromatic carbocycles. The largest absolute Gasteiger partial charge is 0.416 e. The van der Waals surface area contributed by atoms with Crippen molar-refractivity contribution in [2.24, 2.45) is 20.6 Å². The van der Waals surface area contributed by atoms with E-state index in [2.05, 4.69) is 51.1 Å². The van der Waals surface area contributed by atoms with E-state index in [1.54, 1.807) is 19.2 Å². The number of rotatable bonds is 8. The van der Waals surface area contributed by atoms with Crippen molar-refractivity contribution in [3.8, 4) is 0 Å². The molecular formula is C37H37BrClF7N4O4. The van der Waals surface area contributed by atoms with Gasteiger partial charge in [0.15, 0.2) is 0 Å². The first kappa shape index (κ1) is 47.1. The van der Waals surface area contributed by atoms with Crippen LogP contribution in [0.2, 0.25) is 5.02 Å². The van der Waals surface area contributed by atoms with Gasteiger partial charge in [0.05, 0.1) is 34.5 Å². The molecule has 0 bridgehead atoms. The zero-order valence-corrected chi connectivity index (χ0v) is 32.1. The minimum Gasteiger partial charge on any atom is -0.411 e. The Bertz CT molecular complexity index is 1840. The number of alkyl halides is 6.